The van der Waals surface area contributed by atoms with Crippen LogP contribution in [0.4, 0.5) is 0 Å². The van der Waals surface area contributed by atoms with E-state index >= 15 is 0 Å². The summed E-state index contributed by atoms with van der Waals surface area (Å²) in [7, 11) is 0. The van der Waals surface area contributed by atoms with Crippen molar-refractivity contribution in [3.63, 3.8) is 0 Å². The molecule has 1 rings (SSSR count). The lowest BCUT2D eigenvalue weighted by atomic mass is 10.3. The highest BCUT2D eigenvalue weighted by Gasteiger charge is 2.06. The van der Waals surface area contributed by atoms with Gasteiger partial charge in [-0.2, -0.15) is 0 Å². The Kier molecular flexibility index (Phi) is 1.42. The van der Waals surface area contributed by atoms with Crippen molar-refractivity contribution in [3.8, 4) is 0 Å². The molecule has 0 aliphatic carbocycles. The molecule has 46 valence electrons. The zero-order valence-corrected chi connectivity index (χ0v) is 5.32. The van der Waals surface area contributed by atoms with E-state index in [9.17, 15) is 0 Å². The van der Waals surface area contributed by atoms with Crippen LogP contribution in [0.1, 0.15) is 20.3 Å². The van der Waals surface area contributed by atoms with Crippen LogP contribution in [0.2, 0.25) is 0 Å². The number of hydrogen-bond donors (Lipinski definition) is 1. The number of rotatable bonds is 1. The summed E-state index contributed by atoms with van der Waals surface area (Å²) in [4.78, 5) is 0. The third-order valence-corrected chi connectivity index (χ3v) is 1.32. The van der Waals surface area contributed by atoms with Crippen molar-refractivity contribution in [1.82, 2.24) is 5.32 Å². The second kappa shape index (κ2) is 2.07. The first-order chi connectivity index (χ1) is 3.84. The second-order valence-electron chi connectivity index (χ2n) is 1.87. The van der Waals surface area contributed by atoms with Gasteiger partial charge in [-0.05, 0) is 6.92 Å². The van der Waals surface area contributed by atoms with E-state index in [0.717, 1.165) is 12.2 Å². The van der Waals surface area contributed by atoms with E-state index in [2.05, 4.69) is 12.2 Å². The Morgan fingerprint density at radius 1 is 1.75 bits per heavy atom. The largest absolute Gasteiger partial charge is 0.476 e. The third-order valence-electron chi connectivity index (χ3n) is 1.32. The average Bonchev–Trinajstić information content (AvgIpc) is 2.14. The van der Waals surface area contributed by atoms with Gasteiger partial charge < -0.3 is 10.1 Å². The minimum absolute atomic E-state index is 0.662. The van der Waals surface area contributed by atoms with E-state index in [4.69, 9.17) is 4.74 Å². The van der Waals surface area contributed by atoms with Gasteiger partial charge in [-0.3, -0.25) is 0 Å². The molecule has 0 bridgehead atoms. The zero-order chi connectivity index (χ0) is 5.98. The Hall–Kier alpha value is -0.660. The van der Waals surface area contributed by atoms with Gasteiger partial charge >= 0.3 is 0 Å². The maximum Gasteiger partial charge on any atom is 0.158 e. The predicted molar refractivity (Wildman–Crippen MR) is 32.1 cm³/mol. The lowest BCUT2D eigenvalue weighted by molar-refractivity contribution is 0.225. The molecular formula is C6H11NO. The summed E-state index contributed by atoms with van der Waals surface area (Å²) in [5.74, 6) is 1.10. The van der Waals surface area contributed by atoms with Gasteiger partial charge in [-0.1, -0.05) is 6.92 Å². The summed E-state index contributed by atoms with van der Waals surface area (Å²) in [6.07, 6.45) is 0.999. The molecule has 1 aliphatic rings. The number of allylic oxidation sites excluding steroid dienone is 2. The maximum absolute atomic E-state index is 5.18. The molecular weight excluding hydrogens is 102 g/mol. The molecule has 0 amide bonds. The van der Waals surface area contributed by atoms with E-state index in [1.807, 2.05) is 6.92 Å². The van der Waals surface area contributed by atoms with E-state index in [1.54, 1.807) is 0 Å². The highest BCUT2D eigenvalue weighted by molar-refractivity contribution is 5.06. The summed E-state index contributed by atoms with van der Waals surface area (Å²) in [5, 5.41) is 3.08. The Morgan fingerprint density at radius 3 is 2.75 bits per heavy atom. The highest BCUT2D eigenvalue weighted by Crippen LogP contribution is 2.11. The van der Waals surface area contributed by atoms with Crippen LogP contribution in [0.15, 0.2) is 11.5 Å². The smallest absolute Gasteiger partial charge is 0.158 e. The van der Waals surface area contributed by atoms with Crippen molar-refractivity contribution in [3.05, 3.63) is 11.5 Å². The van der Waals surface area contributed by atoms with E-state index in [1.165, 1.54) is 5.70 Å². The van der Waals surface area contributed by atoms with Gasteiger partial charge in [0.05, 0.1) is 0 Å². The van der Waals surface area contributed by atoms with Crippen LogP contribution in [0.5, 0.6) is 0 Å². The summed E-state index contributed by atoms with van der Waals surface area (Å²) in [5.41, 5.74) is 1.19. The van der Waals surface area contributed by atoms with Crippen molar-refractivity contribution in [2.75, 3.05) is 6.73 Å². The molecule has 8 heavy (non-hydrogen) atoms. The Morgan fingerprint density at radius 2 is 2.50 bits per heavy atom. The molecule has 0 aromatic rings. The molecule has 1 aliphatic heterocycles. The molecule has 0 saturated carbocycles. The fourth-order valence-electron chi connectivity index (χ4n) is 0.806. The first-order valence-corrected chi connectivity index (χ1v) is 2.91. The Balaban J connectivity index is 2.58. The maximum atomic E-state index is 5.18. The summed E-state index contributed by atoms with van der Waals surface area (Å²) >= 11 is 0. The van der Waals surface area contributed by atoms with Crippen LogP contribution in [0.25, 0.3) is 0 Å². The number of ether oxygens (including phenoxy) is 1. The SMILES string of the molecule is CCC1=C(C)NCO1. The van der Waals surface area contributed by atoms with Gasteiger partial charge in [-0.25, -0.2) is 0 Å². The van der Waals surface area contributed by atoms with Crippen molar-refractivity contribution in [1.29, 1.82) is 0 Å². The monoisotopic (exact) mass is 113 g/mol. The van der Waals surface area contributed by atoms with Crippen molar-refractivity contribution < 1.29 is 4.74 Å². The third kappa shape index (κ3) is 0.782. The molecule has 0 atom stereocenters. The number of nitrogens with one attached hydrogen (secondary N) is 1. The molecule has 0 aromatic heterocycles. The van der Waals surface area contributed by atoms with Gasteiger partial charge in [0.25, 0.3) is 0 Å². The van der Waals surface area contributed by atoms with Gasteiger partial charge in [0.1, 0.15) is 5.76 Å². The standard InChI is InChI=1S/C6H11NO/c1-3-6-5(2)7-4-8-6/h7H,3-4H2,1-2H3. The van der Waals surface area contributed by atoms with Crippen molar-refractivity contribution in [2.24, 2.45) is 0 Å². The lowest BCUT2D eigenvalue weighted by Gasteiger charge is -1.94. The van der Waals surface area contributed by atoms with Crippen LogP contribution in [-0.4, -0.2) is 6.73 Å². The average molecular weight is 113 g/mol. The van der Waals surface area contributed by atoms with E-state index < -0.39 is 0 Å². The molecule has 0 spiro atoms. The summed E-state index contributed by atoms with van der Waals surface area (Å²) in [6, 6.07) is 0. The van der Waals surface area contributed by atoms with Gasteiger partial charge in [0.15, 0.2) is 6.73 Å². The first kappa shape index (κ1) is 5.48. The van der Waals surface area contributed by atoms with Crippen LogP contribution in [0.3, 0.4) is 0 Å². The summed E-state index contributed by atoms with van der Waals surface area (Å²) in [6.45, 7) is 4.78. The topological polar surface area (TPSA) is 21.3 Å². The number of hydrogen-bond acceptors (Lipinski definition) is 2. The minimum Gasteiger partial charge on any atom is -0.476 e. The molecule has 0 radical (unpaired) electrons. The lowest BCUT2D eigenvalue weighted by Crippen LogP contribution is -2.04. The quantitative estimate of drug-likeness (QED) is 0.551. The predicted octanol–water partition coefficient (Wildman–Crippen LogP) is 1.21. The van der Waals surface area contributed by atoms with Crippen LogP contribution in [-0.2, 0) is 4.74 Å². The molecule has 1 N–H and O–H groups in total. The van der Waals surface area contributed by atoms with Gasteiger partial charge in [0.2, 0.25) is 0 Å². The molecule has 0 unspecified atom stereocenters. The molecule has 2 nitrogen and oxygen atoms in total. The fourth-order valence-corrected chi connectivity index (χ4v) is 0.806. The van der Waals surface area contributed by atoms with Crippen LogP contribution < -0.4 is 5.32 Å². The van der Waals surface area contributed by atoms with Gasteiger partial charge in [0, 0.05) is 12.1 Å². The van der Waals surface area contributed by atoms with Crippen molar-refractivity contribution >= 4 is 0 Å². The molecule has 1 heterocycles. The highest BCUT2D eigenvalue weighted by atomic mass is 16.5. The zero-order valence-electron chi connectivity index (χ0n) is 5.32. The van der Waals surface area contributed by atoms with Crippen LogP contribution in [0, 0.1) is 0 Å². The minimum atomic E-state index is 0.662. The fraction of sp³-hybridized carbons (Fsp3) is 0.667. The molecule has 2 heteroatoms. The second-order valence-corrected chi connectivity index (χ2v) is 1.87. The molecule has 0 aromatic carbocycles. The summed E-state index contributed by atoms with van der Waals surface area (Å²) < 4.78 is 5.18. The van der Waals surface area contributed by atoms with Crippen LogP contribution >= 0.6 is 0 Å². The van der Waals surface area contributed by atoms with E-state index in [0.29, 0.717) is 6.73 Å². The molecule has 0 saturated heterocycles. The Labute approximate surface area is 49.5 Å². The first-order valence-electron chi connectivity index (χ1n) is 2.91. The molecule has 0 fully saturated rings. The normalized spacial score (nSPS) is 18.2. The van der Waals surface area contributed by atoms with E-state index in [-0.39, 0.29) is 0 Å². The van der Waals surface area contributed by atoms with Crippen molar-refractivity contribution in [2.45, 2.75) is 20.3 Å². The Bertz CT molecular complexity index is 118. The van der Waals surface area contributed by atoms with Gasteiger partial charge in [-0.15, -0.1) is 0 Å².